The van der Waals surface area contributed by atoms with E-state index in [0.29, 0.717) is 24.4 Å². The topological polar surface area (TPSA) is 46.9 Å². The highest BCUT2D eigenvalue weighted by atomic mass is 16.1. The Balaban J connectivity index is 1.38. The molecule has 24 heavy (non-hydrogen) atoms. The summed E-state index contributed by atoms with van der Waals surface area (Å²) in [4.78, 5) is 12.5. The summed E-state index contributed by atoms with van der Waals surface area (Å²) in [5.74, 6) is 3.02. The predicted molar refractivity (Wildman–Crippen MR) is 94.4 cm³/mol. The molecule has 0 aromatic carbocycles. The molecule has 1 aromatic rings. The monoisotopic (exact) mass is 329 g/mol. The Morgan fingerprint density at radius 1 is 1.29 bits per heavy atom. The third kappa shape index (κ3) is 3.00. The van der Waals surface area contributed by atoms with Gasteiger partial charge in [-0.2, -0.15) is 5.10 Å². The number of carbonyl (C=O) groups is 1. The molecule has 0 aliphatic heterocycles. The molecule has 4 nitrogen and oxygen atoms in total. The van der Waals surface area contributed by atoms with Gasteiger partial charge in [-0.15, -0.1) is 0 Å². The van der Waals surface area contributed by atoms with Crippen LogP contribution < -0.4 is 5.32 Å². The highest BCUT2D eigenvalue weighted by molar-refractivity contribution is 5.76. The predicted octanol–water partition coefficient (Wildman–Crippen LogP) is 3.69. The van der Waals surface area contributed by atoms with E-state index < -0.39 is 0 Å². The molecular formula is C20H31N3O. The van der Waals surface area contributed by atoms with Crippen LogP contribution in [0.3, 0.4) is 0 Å². The van der Waals surface area contributed by atoms with Crippen LogP contribution in [0.25, 0.3) is 0 Å². The van der Waals surface area contributed by atoms with Gasteiger partial charge in [0.05, 0.1) is 6.20 Å². The fraction of sp³-hybridized carbons (Fsp3) is 0.800. The van der Waals surface area contributed by atoms with E-state index in [9.17, 15) is 4.79 Å². The molecule has 4 bridgehead atoms. The van der Waals surface area contributed by atoms with E-state index in [1.807, 2.05) is 24.0 Å². The first-order chi connectivity index (χ1) is 11.6. The van der Waals surface area contributed by atoms with E-state index in [-0.39, 0.29) is 5.91 Å². The molecule has 4 aliphatic carbocycles. The second-order valence-corrected chi connectivity index (χ2v) is 8.84. The van der Waals surface area contributed by atoms with E-state index in [0.717, 1.165) is 29.7 Å². The summed E-state index contributed by atoms with van der Waals surface area (Å²) in [7, 11) is 0. The molecule has 4 aliphatic rings. The number of hydrogen-bond acceptors (Lipinski definition) is 2. The van der Waals surface area contributed by atoms with Crippen molar-refractivity contribution in [3.63, 3.8) is 0 Å². The number of amides is 1. The van der Waals surface area contributed by atoms with Crippen LogP contribution in [0.2, 0.25) is 0 Å². The minimum atomic E-state index is 0.200. The molecule has 1 aromatic heterocycles. The molecule has 1 atom stereocenters. The molecule has 4 saturated carbocycles. The summed E-state index contributed by atoms with van der Waals surface area (Å²) in [6, 6.07) is 0.373. The largest absolute Gasteiger partial charge is 0.353 e. The maximum atomic E-state index is 12.5. The maximum absolute atomic E-state index is 12.5. The minimum Gasteiger partial charge on any atom is -0.353 e. The van der Waals surface area contributed by atoms with Crippen LogP contribution in [0.15, 0.2) is 12.4 Å². The molecule has 1 heterocycles. The van der Waals surface area contributed by atoms with E-state index in [1.165, 1.54) is 38.5 Å². The molecule has 132 valence electrons. The van der Waals surface area contributed by atoms with E-state index >= 15 is 0 Å². The number of nitrogens with one attached hydrogen (secondary N) is 1. The molecular weight excluding hydrogens is 298 g/mol. The van der Waals surface area contributed by atoms with Crippen molar-refractivity contribution in [3.8, 4) is 0 Å². The molecule has 4 fully saturated rings. The average Bonchev–Trinajstić information content (AvgIpc) is 2.94. The van der Waals surface area contributed by atoms with Crippen LogP contribution in [0.4, 0.5) is 0 Å². The molecule has 1 N–H and O–H groups in total. The number of rotatable bonds is 6. The van der Waals surface area contributed by atoms with Crippen molar-refractivity contribution < 1.29 is 4.79 Å². The Hall–Kier alpha value is -1.32. The average molecular weight is 329 g/mol. The molecule has 0 radical (unpaired) electrons. The summed E-state index contributed by atoms with van der Waals surface area (Å²) in [6.45, 7) is 4.96. The third-order valence-corrected chi connectivity index (χ3v) is 6.90. The zero-order valence-corrected chi connectivity index (χ0v) is 15.1. The fourth-order valence-electron chi connectivity index (χ4n) is 6.36. The first-order valence-electron chi connectivity index (χ1n) is 9.85. The lowest BCUT2D eigenvalue weighted by molar-refractivity contribution is -0.126. The Labute approximate surface area is 145 Å². The van der Waals surface area contributed by atoms with Gasteiger partial charge in [0, 0.05) is 25.2 Å². The quantitative estimate of drug-likeness (QED) is 0.865. The van der Waals surface area contributed by atoms with Crippen LogP contribution >= 0.6 is 0 Å². The summed E-state index contributed by atoms with van der Waals surface area (Å²) in [5, 5.41) is 7.70. The van der Waals surface area contributed by atoms with E-state index in [4.69, 9.17) is 0 Å². The van der Waals surface area contributed by atoms with Gasteiger partial charge in [-0.05, 0) is 80.6 Å². The summed E-state index contributed by atoms with van der Waals surface area (Å²) in [5.41, 5.74) is 1.55. The van der Waals surface area contributed by atoms with Gasteiger partial charge in [0.1, 0.15) is 0 Å². The second kappa shape index (κ2) is 6.20. The maximum Gasteiger partial charge on any atom is 0.222 e. The van der Waals surface area contributed by atoms with E-state index in [1.54, 1.807) is 0 Å². The smallest absolute Gasteiger partial charge is 0.222 e. The zero-order valence-electron chi connectivity index (χ0n) is 15.1. The molecule has 1 amide bonds. The summed E-state index contributed by atoms with van der Waals surface area (Å²) >= 11 is 0. The lowest BCUT2D eigenvalue weighted by atomic mass is 9.47. The molecule has 1 unspecified atom stereocenters. The Kier molecular flexibility index (Phi) is 4.17. The van der Waals surface area contributed by atoms with Crippen molar-refractivity contribution in [2.24, 2.45) is 23.2 Å². The van der Waals surface area contributed by atoms with Gasteiger partial charge >= 0.3 is 0 Å². The van der Waals surface area contributed by atoms with Gasteiger partial charge in [-0.25, -0.2) is 0 Å². The fourth-order valence-corrected chi connectivity index (χ4v) is 6.36. The molecule has 0 saturated heterocycles. The van der Waals surface area contributed by atoms with Gasteiger partial charge < -0.3 is 5.32 Å². The Morgan fingerprint density at radius 3 is 2.42 bits per heavy atom. The SMILES string of the molecule is CCC(NC(=O)CCn1cc(C)cn1)C12CC3CC(CC(C3)C1)C2. The van der Waals surface area contributed by atoms with Gasteiger partial charge in [-0.1, -0.05) is 6.92 Å². The van der Waals surface area contributed by atoms with Crippen molar-refractivity contribution in [1.82, 2.24) is 15.1 Å². The van der Waals surface area contributed by atoms with Crippen LogP contribution in [0.1, 0.15) is 63.9 Å². The van der Waals surface area contributed by atoms with Crippen molar-refractivity contribution in [2.45, 2.75) is 77.8 Å². The summed E-state index contributed by atoms with van der Waals surface area (Å²) in [6.07, 6.45) is 13.9. The molecule has 0 spiro atoms. The Bertz CT molecular complexity index is 570. The van der Waals surface area contributed by atoms with Crippen LogP contribution in [-0.2, 0) is 11.3 Å². The van der Waals surface area contributed by atoms with Crippen molar-refractivity contribution in [3.05, 3.63) is 18.0 Å². The molecule has 4 heteroatoms. The number of carbonyl (C=O) groups excluding carboxylic acids is 1. The normalized spacial score (nSPS) is 35.2. The zero-order chi connectivity index (χ0) is 16.7. The van der Waals surface area contributed by atoms with Gasteiger partial charge in [0.2, 0.25) is 5.91 Å². The van der Waals surface area contributed by atoms with Crippen LogP contribution in [0, 0.1) is 30.1 Å². The molecule has 5 rings (SSSR count). The number of aryl methyl sites for hydroxylation is 2. The standard InChI is InChI=1S/C20H31N3O/c1-3-18(22-19(24)4-5-23-13-14(2)12-21-23)20-9-15-6-16(10-20)8-17(7-15)11-20/h12-13,15-18H,3-11H2,1-2H3,(H,22,24). The van der Waals surface area contributed by atoms with Crippen molar-refractivity contribution in [2.75, 3.05) is 0 Å². The van der Waals surface area contributed by atoms with Crippen LogP contribution in [-0.4, -0.2) is 21.7 Å². The highest BCUT2D eigenvalue weighted by Crippen LogP contribution is 2.61. The van der Waals surface area contributed by atoms with Gasteiger partial charge in [0.15, 0.2) is 0 Å². The first-order valence-corrected chi connectivity index (χ1v) is 9.85. The number of hydrogen-bond donors (Lipinski definition) is 1. The van der Waals surface area contributed by atoms with Crippen LogP contribution in [0.5, 0.6) is 0 Å². The lowest BCUT2D eigenvalue weighted by Gasteiger charge is -2.59. The number of aromatic nitrogens is 2. The van der Waals surface area contributed by atoms with Crippen molar-refractivity contribution >= 4 is 5.91 Å². The first kappa shape index (κ1) is 16.2. The minimum absolute atomic E-state index is 0.200. The Morgan fingerprint density at radius 2 is 1.92 bits per heavy atom. The van der Waals surface area contributed by atoms with Gasteiger partial charge in [-0.3, -0.25) is 9.48 Å². The lowest BCUT2D eigenvalue weighted by Crippen LogP contribution is -2.56. The highest BCUT2D eigenvalue weighted by Gasteiger charge is 2.53. The second-order valence-electron chi connectivity index (χ2n) is 8.84. The van der Waals surface area contributed by atoms with Crippen molar-refractivity contribution in [1.29, 1.82) is 0 Å². The number of nitrogens with zero attached hydrogens (tertiary/aromatic N) is 2. The summed E-state index contributed by atoms with van der Waals surface area (Å²) < 4.78 is 1.88. The van der Waals surface area contributed by atoms with Gasteiger partial charge in [0.25, 0.3) is 0 Å². The van der Waals surface area contributed by atoms with E-state index in [2.05, 4.69) is 17.3 Å². The third-order valence-electron chi connectivity index (χ3n) is 6.90.